The zero-order chi connectivity index (χ0) is 12.3. The van der Waals surface area contributed by atoms with Gasteiger partial charge in [0.15, 0.2) is 0 Å². The molecule has 0 saturated carbocycles. The van der Waals surface area contributed by atoms with Crippen molar-refractivity contribution < 1.29 is 8.78 Å². The zero-order valence-electron chi connectivity index (χ0n) is 9.24. The Bertz CT molecular complexity index is 508. The first-order valence-electron chi connectivity index (χ1n) is 5.33. The van der Waals surface area contributed by atoms with Gasteiger partial charge in [-0.15, -0.1) is 0 Å². The summed E-state index contributed by atoms with van der Waals surface area (Å²) in [5, 5.41) is 0. The molecule has 0 atom stereocenters. The van der Waals surface area contributed by atoms with E-state index in [1.54, 1.807) is 17.1 Å². The molecule has 0 aliphatic rings. The Morgan fingerprint density at radius 1 is 1.29 bits per heavy atom. The van der Waals surface area contributed by atoms with Crippen LogP contribution in [0, 0.1) is 11.6 Å². The van der Waals surface area contributed by atoms with Crippen molar-refractivity contribution in [1.82, 2.24) is 9.55 Å². The Morgan fingerprint density at radius 3 is 2.88 bits per heavy atom. The Labute approximate surface area is 97.9 Å². The molecule has 2 N–H and O–H groups in total. The largest absolute Gasteiger partial charge is 0.333 e. The fraction of sp³-hybridized carbons (Fsp3) is 0.250. The number of hydrogen-bond acceptors (Lipinski definition) is 2. The Morgan fingerprint density at radius 2 is 2.12 bits per heavy atom. The van der Waals surface area contributed by atoms with E-state index in [2.05, 4.69) is 4.98 Å². The van der Waals surface area contributed by atoms with Gasteiger partial charge in [-0.3, -0.25) is 0 Å². The molecule has 2 rings (SSSR count). The van der Waals surface area contributed by atoms with Gasteiger partial charge in [0.2, 0.25) is 0 Å². The van der Waals surface area contributed by atoms with Gasteiger partial charge in [0.05, 0.1) is 18.6 Å². The van der Waals surface area contributed by atoms with Crippen molar-refractivity contribution in [1.29, 1.82) is 0 Å². The molecule has 0 amide bonds. The Kier molecular flexibility index (Phi) is 3.49. The molecular weight excluding hydrogens is 224 g/mol. The van der Waals surface area contributed by atoms with E-state index >= 15 is 0 Å². The summed E-state index contributed by atoms with van der Waals surface area (Å²) < 4.78 is 28.1. The number of halogens is 2. The van der Waals surface area contributed by atoms with E-state index in [0.717, 1.165) is 17.8 Å². The van der Waals surface area contributed by atoms with Crippen LogP contribution >= 0.6 is 0 Å². The summed E-state index contributed by atoms with van der Waals surface area (Å²) in [6.07, 6.45) is 4.06. The van der Waals surface area contributed by atoms with Crippen LogP contribution in [0.25, 0.3) is 0 Å². The molecule has 90 valence electrons. The van der Waals surface area contributed by atoms with E-state index in [9.17, 15) is 8.78 Å². The van der Waals surface area contributed by atoms with E-state index in [0.29, 0.717) is 18.5 Å². The summed E-state index contributed by atoms with van der Waals surface area (Å²) in [6, 6.07) is 3.42. The van der Waals surface area contributed by atoms with Gasteiger partial charge < -0.3 is 10.3 Å². The molecule has 1 aromatic carbocycles. The molecule has 0 saturated heterocycles. The number of aromatic nitrogens is 2. The second-order valence-electron chi connectivity index (χ2n) is 3.81. The SMILES string of the molecule is NCCc1cn(Cc2cc(F)ccc2F)cn1. The molecule has 0 radical (unpaired) electrons. The number of imidazole rings is 1. The fourth-order valence-corrected chi connectivity index (χ4v) is 1.63. The van der Waals surface area contributed by atoms with Gasteiger partial charge in [0.25, 0.3) is 0 Å². The third-order valence-electron chi connectivity index (χ3n) is 2.45. The molecule has 3 nitrogen and oxygen atoms in total. The topological polar surface area (TPSA) is 43.8 Å². The van der Waals surface area contributed by atoms with Gasteiger partial charge in [-0.1, -0.05) is 0 Å². The van der Waals surface area contributed by atoms with E-state index < -0.39 is 11.6 Å². The molecule has 0 spiro atoms. The first-order valence-corrected chi connectivity index (χ1v) is 5.33. The number of nitrogens with two attached hydrogens (primary N) is 1. The van der Waals surface area contributed by atoms with E-state index in [1.165, 1.54) is 6.07 Å². The van der Waals surface area contributed by atoms with Crippen LogP contribution in [0.5, 0.6) is 0 Å². The van der Waals surface area contributed by atoms with Crippen LogP contribution in [-0.2, 0) is 13.0 Å². The molecule has 0 fully saturated rings. The van der Waals surface area contributed by atoms with Crippen molar-refractivity contribution >= 4 is 0 Å². The lowest BCUT2D eigenvalue weighted by Gasteiger charge is -2.04. The first kappa shape index (κ1) is 11.7. The number of nitrogens with zero attached hydrogens (tertiary/aromatic N) is 2. The number of benzene rings is 1. The average Bonchev–Trinajstić information content (AvgIpc) is 2.72. The van der Waals surface area contributed by atoms with Crippen LogP contribution < -0.4 is 5.73 Å². The highest BCUT2D eigenvalue weighted by Crippen LogP contribution is 2.11. The van der Waals surface area contributed by atoms with Crippen molar-refractivity contribution in [3.63, 3.8) is 0 Å². The second kappa shape index (κ2) is 5.05. The quantitative estimate of drug-likeness (QED) is 0.879. The zero-order valence-corrected chi connectivity index (χ0v) is 9.24. The van der Waals surface area contributed by atoms with Crippen LogP contribution in [-0.4, -0.2) is 16.1 Å². The fourth-order valence-electron chi connectivity index (χ4n) is 1.63. The highest BCUT2D eigenvalue weighted by Gasteiger charge is 2.05. The molecule has 17 heavy (non-hydrogen) atoms. The van der Waals surface area contributed by atoms with E-state index in [1.807, 2.05) is 0 Å². The molecule has 2 aromatic rings. The molecule has 0 aliphatic heterocycles. The summed E-state index contributed by atoms with van der Waals surface area (Å²) in [4.78, 5) is 4.12. The normalized spacial score (nSPS) is 10.8. The van der Waals surface area contributed by atoms with Gasteiger partial charge in [-0.2, -0.15) is 0 Å². The Balaban J connectivity index is 2.16. The summed E-state index contributed by atoms with van der Waals surface area (Å²) >= 11 is 0. The predicted molar refractivity (Wildman–Crippen MR) is 60.4 cm³/mol. The molecule has 0 aliphatic carbocycles. The first-order chi connectivity index (χ1) is 8.19. The smallest absolute Gasteiger partial charge is 0.128 e. The van der Waals surface area contributed by atoms with Gasteiger partial charge in [0, 0.05) is 18.2 Å². The average molecular weight is 237 g/mol. The second-order valence-corrected chi connectivity index (χ2v) is 3.81. The van der Waals surface area contributed by atoms with Crippen LogP contribution in [0.15, 0.2) is 30.7 Å². The summed E-state index contributed by atoms with van der Waals surface area (Å²) in [6.45, 7) is 0.784. The van der Waals surface area contributed by atoms with Gasteiger partial charge >= 0.3 is 0 Å². The van der Waals surface area contributed by atoms with Crippen LogP contribution in [0.1, 0.15) is 11.3 Å². The lowest BCUT2D eigenvalue weighted by Crippen LogP contribution is -2.03. The molecule has 1 aromatic heterocycles. The predicted octanol–water partition coefficient (Wildman–Crippen LogP) is 1.71. The molecule has 1 heterocycles. The number of rotatable bonds is 4. The summed E-state index contributed by atoms with van der Waals surface area (Å²) in [5.41, 5.74) is 6.57. The van der Waals surface area contributed by atoms with Crippen molar-refractivity contribution in [2.75, 3.05) is 6.54 Å². The monoisotopic (exact) mass is 237 g/mol. The molecule has 0 unspecified atom stereocenters. The summed E-state index contributed by atoms with van der Waals surface area (Å²) in [5.74, 6) is -0.857. The van der Waals surface area contributed by atoms with Gasteiger partial charge in [-0.25, -0.2) is 13.8 Å². The minimum Gasteiger partial charge on any atom is -0.333 e. The molecule has 5 heteroatoms. The Hall–Kier alpha value is -1.75. The maximum absolute atomic E-state index is 13.4. The third-order valence-corrected chi connectivity index (χ3v) is 2.45. The molecular formula is C12H13F2N3. The highest BCUT2D eigenvalue weighted by atomic mass is 19.1. The van der Waals surface area contributed by atoms with Crippen LogP contribution in [0.4, 0.5) is 8.78 Å². The maximum atomic E-state index is 13.4. The van der Waals surface area contributed by atoms with Gasteiger partial charge in [-0.05, 0) is 24.7 Å². The van der Waals surface area contributed by atoms with E-state index in [4.69, 9.17) is 5.73 Å². The maximum Gasteiger partial charge on any atom is 0.128 e. The third kappa shape index (κ3) is 2.88. The number of hydrogen-bond donors (Lipinski definition) is 1. The highest BCUT2D eigenvalue weighted by molar-refractivity contribution is 5.19. The standard InChI is InChI=1S/C12H13F2N3/c13-10-1-2-12(14)9(5-10)6-17-7-11(3-4-15)16-8-17/h1-2,5,7-8H,3-4,6,15H2. The van der Waals surface area contributed by atoms with E-state index in [-0.39, 0.29) is 6.54 Å². The van der Waals surface area contributed by atoms with Crippen molar-refractivity contribution in [2.45, 2.75) is 13.0 Å². The van der Waals surface area contributed by atoms with Crippen molar-refractivity contribution in [3.8, 4) is 0 Å². The van der Waals surface area contributed by atoms with Crippen molar-refractivity contribution in [3.05, 3.63) is 53.6 Å². The van der Waals surface area contributed by atoms with Crippen LogP contribution in [0.3, 0.4) is 0 Å². The summed E-state index contributed by atoms with van der Waals surface area (Å²) in [7, 11) is 0. The lowest BCUT2D eigenvalue weighted by molar-refractivity contribution is 0.577. The van der Waals surface area contributed by atoms with Gasteiger partial charge in [0.1, 0.15) is 11.6 Å². The minimum atomic E-state index is -0.441. The lowest BCUT2D eigenvalue weighted by atomic mass is 10.2. The minimum absolute atomic E-state index is 0.265. The van der Waals surface area contributed by atoms with Crippen molar-refractivity contribution in [2.24, 2.45) is 5.73 Å². The van der Waals surface area contributed by atoms with Crippen LogP contribution in [0.2, 0.25) is 0 Å². The molecule has 0 bridgehead atoms.